The van der Waals surface area contributed by atoms with Crippen LogP contribution in [-0.2, 0) is 10.0 Å². The van der Waals surface area contributed by atoms with Gasteiger partial charge < -0.3 is 5.32 Å². The van der Waals surface area contributed by atoms with Gasteiger partial charge in [-0.2, -0.15) is 0 Å². The molecule has 0 fully saturated rings. The lowest BCUT2D eigenvalue weighted by atomic mass is 10.1. The van der Waals surface area contributed by atoms with E-state index in [-0.39, 0.29) is 16.6 Å². The Labute approximate surface area is 171 Å². The molecule has 0 aliphatic rings. The first kappa shape index (κ1) is 20.7. The molecule has 0 aliphatic heterocycles. The van der Waals surface area contributed by atoms with E-state index in [9.17, 15) is 12.8 Å². The Kier molecular flexibility index (Phi) is 6.29. The Morgan fingerprint density at radius 3 is 2.29 bits per heavy atom. The van der Waals surface area contributed by atoms with Crippen LogP contribution in [0.1, 0.15) is 24.9 Å². The summed E-state index contributed by atoms with van der Waals surface area (Å²) in [5.74, 6) is -0.395. The van der Waals surface area contributed by atoms with Gasteiger partial charge in [0.05, 0.1) is 10.9 Å². The van der Waals surface area contributed by atoms with Crippen LogP contribution in [0.25, 0.3) is 0 Å². The maximum absolute atomic E-state index is 13.0. The summed E-state index contributed by atoms with van der Waals surface area (Å²) >= 11 is 7.06. The third kappa shape index (κ3) is 5.05. The third-order valence-corrected chi connectivity index (χ3v) is 6.51. The standard InChI is InChI=1S/C18H18ClFN4O2S2/c1-11(2)16(24-28(25,26)15-9-3-12(19)4-10-15)17-22-23-18(27-17)21-14-7-5-13(20)6-8-14/h3-11,16,24H,1-2H3,(H,21,23). The number of nitrogens with zero attached hydrogens (tertiary/aromatic N) is 2. The van der Waals surface area contributed by atoms with Crippen molar-refractivity contribution in [1.82, 2.24) is 14.9 Å². The summed E-state index contributed by atoms with van der Waals surface area (Å²) in [4.78, 5) is 0.122. The molecule has 10 heteroatoms. The van der Waals surface area contributed by atoms with Crippen LogP contribution in [0.15, 0.2) is 53.4 Å². The Hall–Kier alpha value is -2.07. The molecular weight excluding hydrogens is 423 g/mol. The van der Waals surface area contributed by atoms with Crippen molar-refractivity contribution in [3.05, 3.63) is 64.4 Å². The fraction of sp³-hybridized carbons (Fsp3) is 0.222. The van der Waals surface area contributed by atoms with E-state index in [4.69, 9.17) is 11.6 Å². The fourth-order valence-electron chi connectivity index (χ4n) is 2.39. The van der Waals surface area contributed by atoms with Crippen LogP contribution in [-0.4, -0.2) is 18.6 Å². The molecule has 0 saturated carbocycles. The number of halogens is 2. The second kappa shape index (κ2) is 8.52. The number of hydrogen-bond acceptors (Lipinski definition) is 6. The predicted molar refractivity (Wildman–Crippen MR) is 109 cm³/mol. The molecule has 1 aromatic heterocycles. The van der Waals surface area contributed by atoms with E-state index in [1.807, 2.05) is 13.8 Å². The van der Waals surface area contributed by atoms with E-state index in [1.165, 1.54) is 47.7 Å². The average molecular weight is 441 g/mol. The first-order valence-corrected chi connectivity index (χ1v) is 11.1. The zero-order chi connectivity index (χ0) is 20.3. The van der Waals surface area contributed by atoms with Gasteiger partial charge in [-0.25, -0.2) is 17.5 Å². The third-order valence-electron chi connectivity index (χ3n) is 3.87. The number of sulfonamides is 1. The molecule has 1 heterocycles. The van der Waals surface area contributed by atoms with Gasteiger partial charge in [-0.05, 0) is 54.4 Å². The molecule has 3 rings (SSSR count). The number of aromatic nitrogens is 2. The molecule has 0 bridgehead atoms. The molecule has 1 unspecified atom stereocenters. The molecule has 28 heavy (non-hydrogen) atoms. The van der Waals surface area contributed by atoms with Gasteiger partial charge in [0, 0.05) is 10.7 Å². The van der Waals surface area contributed by atoms with Gasteiger partial charge in [0.15, 0.2) is 0 Å². The van der Waals surface area contributed by atoms with E-state index < -0.39 is 16.1 Å². The Bertz CT molecular complexity index is 1040. The Morgan fingerprint density at radius 1 is 1.04 bits per heavy atom. The van der Waals surface area contributed by atoms with Crippen LogP contribution < -0.4 is 10.0 Å². The molecule has 1 atom stereocenters. The number of hydrogen-bond donors (Lipinski definition) is 2. The van der Waals surface area contributed by atoms with Gasteiger partial charge in [0.2, 0.25) is 15.2 Å². The smallest absolute Gasteiger partial charge is 0.241 e. The van der Waals surface area contributed by atoms with Gasteiger partial charge in [-0.15, -0.1) is 10.2 Å². The average Bonchev–Trinajstić information content (AvgIpc) is 3.10. The monoisotopic (exact) mass is 440 g/mol. The summed E-state index contributed by atoms with van der Waals surface area (Å²) in [7, 11) is -3.76. The number of benzene rings is 2. The van der Waals surface area contributed by atoms with Crippen molar-refractivity contribution in [2.75, 3.05) is 5.32 Å². The Balaban J connectivity index is 1.80. The van der Waals surface area contributed by atoms with Crippen molar-refractivity contribution in [2.24, 2.45) is 5.92 Å². The molecule has 0 aliphatic carbocycles. The maximum atomic E-state index is 13.0. The quantitative estimate of drug-likeness (QED) is 0.553. The highest BCUT2D eigenvalue weighted by molar-refractivity contribution is 7.89. The maximum Gasteiger partial charge on any atom is 0.241 e. The second-order valence-electron chi connectivity index (χ2n) is 6.37. The zero-order valence-corrected chi connectivity index (χ0v) is 17.4. The molecule has 0 radical (unpaired) electrons. The normalized spacial score (nSPS) is 12.9. The van der Waals surface area contributed by atoms with Crippen molar-refractivity contribution in [2.45, 2.75) is 24.8 Å². The summed E-state index contributed by atoms with van der Waals surface area (Å²) in [6.45, 7) is 3.78. The first-order valence-electron chi connectivity index (χ1n) is 8.38. The highest BCUT2D eigenvalue weighted by Gasteiger charge is 2.27. The topological polar surface area (TPSA) is 84.0 Å². The minimum atomic E-state index is -3.76. The van der Waals surface area contributed by atoms with E-state index >= 15 is 0 Å². The lowest BCUT2D eigenvalue weighted by molar-refractivity contribution is 0.459. The first-order chi connectivity index (χ1) is 13.2. The van der Waals surface area contributed by atoms with Gasteiger partial charge in [-0.3, -0.25) is 0 Å². The van der Waals surface area contributed by atoms with Crippen LogP contribution in [0.2, 0.25) is 5.02 Å². The van der Waals surface area contributed by atoms with E-state index in [0.717, 1.165) is 0 Å². The van der Waals surface area contributed by atoms with E-state index in [0.29, 0.717) is 20.8 Å². The molecule has 148 valence electrons. The molecule has 2 aromatic carbocycles. The van der Waals surface area contributed by atoms with Crippen LogP contribution in [0.4, 0.5) is 15.2 Å². The van der Waals surface area contributed by atoms with Gasteiger partial charge in [0.25, 0.3) is 0 Å². The highest BCUT2D eigenvalue weighted by Crippen LogP contribution is 2.30. The van der Waals surface area contributed by atoms with Crippen LogP contribution >= 0.6 is 22.9 Å². The fourth-order valence-corrected chi connectivity index (χ4v) is 4.93. The number of nitrogens with one attached hydrogen (secondary N) is 2. The van der Waals surface area contributed by atoms with E-state index in [2.05, 4.69) is 20.2 Å². The van der Waals surface area contributed by atoms with Crippen molar-refractivity contribution in [3.63, 3.8) is 0 Å². The molecule has 0 saturated heterocycles. The molecule has 6 nitrogen and oxygen atoms in total. The lowest BCUT2D eigenvalue weighted by Crippen LogP contribution is -2.31. The SMILES string of the molecule is CC(C)C(NS(=O)(=O)c1ccc(Cl)cc1)c1nnc(Nc2ccc(F)cc2)s1. The molecule has 0 spiro atoms. The minimum Gasteiger partial charge on any atom is -0.330 e. The largest absolute Gasteiger partial charge is 0.330 e. The van der Waals surface area contributed by atoms with Crippen LogP contribution in [0.3, 0.4) is 0 Å². The summed E-state index contributed by atoms with van der Waals surface area (Å²) < 4.78 is 41.1. The number of rotatable bonds is 7. The predicted octanol–water partition coefficient (Wildman–Crippen LogP) is 4.75. The van der Waals surface area contributed by atoms with Gasteiger partial charge in [-0.1, -0.05) is 36.8 Å². The lowest BCUT2D eigenvalue weighted by Gasteiger charge is -2.19. The molecule has 3 aromatic rings. The summed E-state index contributed by atoms with van der Waals surface area (Å²) in [5, 5.41) is 12.7. The van der Waals surface area contributed by atoms with Crippen LogP contribution in [0, 0.1) is 11.7 Å². The second-order valence-corrected chi connectivity index (χ2v) is 9.53. The minimum absolute atomic E-state index is 0.0614. The molecule has 2 N–H and O–H groups in total. The van der Waals surface area contributed by atoms with Crippen molar-refractivity contribution in [1.29, 1.82) is 0 Å². The van der Waals surface area contributed by atoms with Gasteiger partial charge in [0.1, 0.15) is 10.8 Å². The number of anilines is 2. The van der Waals surface area contributed by atoms with Gasteiger partial charge >= 0.3 is 0 Å². The molecule has 0 amide bonds. The van der Waals surface area contributed by atoms with Crippen molar-refractivity contribution in [3.8, 4) is 0 Å². The van der Waals surface area contributed by atoms with Crippen molar-refractivity contribution >= 4 is 43.8 Å². The Morgan fingerprint density at radius 2 is 1.68 bits per heavy atom. The molecular formula is C18H18ClFN4O2S2. The summed E-state index contributed by atoms with van der Waals surface area (Å²) in [6, 6.07) is 11.2. The zero-order valence-electron chi connectivity index (χ0n) is 15.1. The van der Waals surface area contributed by atoms with E-state index in [1.54, 1.807) is 12.1 Å². The van der Waals surface area contributed by atoms with Crippen LogP contribution in [0.5, 0.6) is 0 Å². The van der Waals surface area contributed by atoms with Crippen molar-refractivity contribution < 1.29 is 12.8 Å². The summed E-state index contributed by atoms with van der Waals surface area (Å²) in [6.07, 6.45) is 0. The summed E-state index contributed by atoms with van der Waals surface area (Å²) in [5.41, 5.74) is 0.659. The highest BCUT2D eigenvalue weighted by atomic mass is 35.5.